The number of nitrogens with two attached hydrogens (primary N) is 1. The van der Waals surface area contributed by atoms with Gasteiger partial charge in [0.1, 0.15) is 11.6 Å². The number of rotatable bonds is 5. The average molecular weight is 277 g/mol. The second-order valence-corrected chi connectivity index (χ2v) is 5.95. The monoisotopic (exact) mass is 277 g/mol. The minimum absolute atomic E-state index is 0.663. The second kappa shape index (κ2) is 6.99. The summed E-state index contributed by atoms with van der Waals surface area (Å²) < 4.78 is 0. The van der Waals surface area contributed by atoms with E-state index in [0.717, 1.165) is 24.0 Å². The number of nitrogen functional groups attached to an aromatic ring is 1. The molecule has 0 atom stereocenters. The minimum atomic E-state index is 0.663. The maximum Gasteiger partial charge on any atom is 0.145 e. The van der Waals surface area contributed by atoms with Crippen molar-refractivity contribution >= 4 is 5.82 Å². The molecule has 5 nitrogen and oxygen atoms in total. The first-order valence-electron chi connectivity index (χ1n) is 7.63. The van der Waals surface area contributed by atoms with E-state index in [2.05, 4.69) is 34.3 Å². The third kappa shape index (κ3) is 3.90. The number of hydrazine groups is 1. The number of aryl methyl sites for hydroxylation is 1. The molecular weight excluding hydrogens is 250 g/mol. The predicted octanol–water partition coefficient (Wildman–Crippen LogP) is 2.47. The Hall–Kier alpha value is -1.20. The van der Waals surface area contributed by atoms with Crippen LogP contribution >= 0.6 is 0 Å². The molecule has 5 heteroatoms. The van der Waals surface area contributed by atoms with E-state index in [-0.39, 0.29) is 0 Å². The normalized spacial score (nSPS) is 23.1. The Morgan fingerprint density at radius 2 is 2.00 bits per heavy atom. The molecule has 0 aliphatic heterocycles. The molecule has 0 bridgehead atoms. The molecule has 2 rings (SSSR count). The molecule has 0 aromatic carbocycles. The lowest BCUT2D eigenvalue weighted by Crippen LogP contribution is -2.35. The topological polar surface area (TPSA) is 67.1 Å². The lowest BCUT2D eigenvalue weighted by molar-refractivity contribution is 0.154. The van der Waals surface area contributed by atoms with Crippen LogP contribution in [0.4, 0.5) is 5.82 Å². The van der Waals surface area contributed by atoms with Crippen molar-refractivity contribution in [3.63, 3.8) is 0 Å². The fourth-order valence-corrected chi connectivity index (χ4v) is 3.12. The molecule has 1 heterocycles. The first kappa shape index (κ1) is 15.2. The number of hydrogen-bond donors (Lipinski definition) is 2. The van der Waals surface area contributed by atoms with Gasteiger partial charge in [0.15, 0.2) is 0 Å². The van der Waals surface area contributed by atoms with Crippen LogP contribution < -0.4 is 11.3 Å². The van der Waals surface area contributed by atoms with E-state index in [1.807, 2.05) is 13.0 Å². The Morgan fingerprint density at radius 3 is 2.60 bits per heavy atom. The summed E-state index contributed by atoms with van der Waals surface area (Å²) in [6, 6.07) is 2.52. The lowest BCUT2D eigenvalue weighted by Gasteiger charge is -2.34. The molecule has 1 aromatic heterocycles. The van der Waals surface area contributed by atoms with Crippen LogP contribution in [0.3, 0.4) is 0 Å². The Morgan fingerprint density at radius 1 is 1.30 bits per heavy atom. The first-order valence-corrected chi connectivity index (χ1v) is 7.63. The van der Waals surface area contributed by atoms with Crippen LogP contribution in [0.1, 0.15) is 50.5 Å². The van der Waals surface area contributed by atoms with Crippen molar-refractivity contribution in [2.45, 2.75) is 58.5 Å². The van der Waals surface area contributed by atoms with Crippen LogP contribution in [0.15, 0.2) is 6.07 Å². The lowest BCUT2D eigenvalue weighted by atomic mass is 9.84. The number of aromatic nitrogens is 2. The van der Waals surface area contributed by atoms with Gasteiger partial charge in [-0.05, 0) is 45.6 Å². The highest BCUT2D eigenvalue weighted by Gasteiger charge is 2.23. The molecule has 112 valence electrons. The molecule has 20 heavy (non-hydrogen) atoms. The summed E-state index contributed by atoms with van der Waals surface area (Å²) in [5.74, 6) is 7.91. The molecule has 0 radical (unpaired) electrons. The molecule has 0 saturated heterocycles. The number of nitrogens with one attached hydrogen (secondary N) is 1. The molecule has 1 saturated carbocycles. The summed E-state index contributed by atoms with van der Waals surface area (Å²) in [6.07, 6.45) is 6.63. The third-order valence-corrected chi connectivity index (χ3v) is 4.46. The van der Waals surface area contributed by atoms with E-state index in [9.17, 15) is 0 Å². The quantitative estimate of drug-likeness (QED) is 0.639. The van der Waals surface area contributed by atoms with E-state index in [1.54, 1.807) is 0 Å². The average Bonchev–Trinajstić information content (AvgIpc) is 2.46. The van der Waals surface area contributed by atoms with Crippen molar-refractivity contribution in [2.24, 2.45) is 11.8 Å². The summed E-state index contributed by atoms with van der Waals surface area (Å²) >= 11 is 0. The van der Waals surface area contributed by atoms with Crippen molar-refractivity contribution in [1.29, 1.82) is 0 Å². The van der Waals surface area contributed by atoms with Gasteiger partial charge < -0.3 is 5.43 Å². The van der Waals surface area contributed by atoms with Gasteiger partial charge in [-0.25, -0.2) is 15.8 Å². The predicted molar refractivity (Wildman–Crippen MR) is 82.1 cm³/mol. The van der Waals surface area contributed by atoms with Gasteiger partial charge in [0, 0.05) is 17.8 Å². The smallest absolute Gasteiger partial charge is 0.145 e. The van der Waals surface area contributed by atoms with Crippen LogP contribution in [0.25, 0.3) is 0 Å². The largest absolute Gasteiger partial charge is 0.308 e. The Bertz CT molecular complexity index is 426. The molecule has 1 aromatic rings. The summed E-state index contributed by atoms with van der Waals surface area (Å²) in [5, 5.41) is 0. The molecule has 3 N–H and O–H groups in total. The van der Waals surface area contributed by atoms with Gasteiger partial charge in [-0.3, -0.25) is 4.90 Å². The minimum Gasteiger partial charge on any atom is -0.308 e. The van der Waals surface area contributed by atoms with Gasteiger partial charge in [0.05, 0.1) is 6.54 Å². The Labute approximate surface area is 121 Å². The van der Waals surface area contributed by atoms with Crippen molar-refractivity contribution in [3.8, 4) is 0 Å². The fourth-order valence-electron chi connectivity index (χ4n) is 3.12. The van der Waals surface area contributed by atoms with Gasteiger partial charge in [-0.2, -0.15) is 0 Å². The van der Waals surface area contributed by atoms with Crippen molar-refractivity contribution in [1.82, 2.24) is 14.9 Å². The Kier molecular flexibility index (Phi) is 5.31. The van der Waals surface area contributed by atoms with Crippen LogP contribution in [0.2, 0.25) is 0 Å². The van der Waals surface area contributed by atoms with E-state index in [1.165, 1.54) is 32.1 Å². The maximum atomic E-state index is 5.44. The summed E-state index contributed by atoms with van der Waals surface area (Å²) in [4.78, 5) is 11.3. The zero-order chi connectivity index (χ0) is 14.5. The molecule has 0 unspecified atom stereocenters. The first-order chi connectivity index (χ1) is 9.62. The van der Waals surface area contributed by atoms with Gasteiger partial charge in [-0.1, -0.05) is 13.3 Å². The zero-order valence-corrected chi connectivity index (χ0v) is 12.9. The molecule has 1 aliphatic carbocycles. The highest BCUT2D eigenvalue weighted by atomic mass is 15.3. The molecule has 0 spiro atoms. The molecular formula is C15H27N5. The maximum absolute atomic E-state index is 5.44. The molecule has 1 fully saturated rings. The Balaban J connectivity index is 1.94. The fraction of sp³-hybridized carbons (Fsp3) is 0.733. The van der Waals surface area contributed by atoms with Crippen LogP contribution in [-0.4, -0.2) is 28.0 Å². The third-order valence-electron chi connectivity index (χ3n) is 4.46. The zero-order valence-electron chi connectivity index (χ0n) is 12.9. The highest BCUT2D eigenvalue weighted by Crippen LogP contribution is 2.29. The summed E-state index contributed by atoms with van der Waals surface area (Å²) in [6.45, 7) is 5.06. The van der Waals surface area contributed by atoms with Gasteiger partial charge in [0.25, 0.3) is 0 Å². The number of hydrogen-bond acceptors (Lipinski definition) is 5. The highest BCUT2D eigenvalue weighted by molar-refractivity contribution is 5.33. The molecule has 0 amide bonds. The van der Waals surface area contributed by atoms with Crippen LogP contribution in [-0.2, 0) is 6.54 Å². The second-order valence-electron chi connectivity index (χ2n) is 5.95. The van der Waals surface area contributed by atoms with Crippen molar-refractivity contribution in [3.05, 3.63) is 17.6 Å². The van der Waals surface area contributed by atoms with E-state index in [4.69, 9.17) is 5.84 Å². The standard InChI is InChI=1S/C15H27N5/c1-4-12-5-7-13(8-6-12)20(3)10-15-17-11(2)9-14(18-15)19-16/h9,12-13H,4-8,10,16H2,1-3H3,(H,17,18,19). The van der Waals surface area contributed by atoms with E-state index < -0.39 is 0 Å². The van der Waals surface area contributed by atoms with Crippen molar-refractivity contribution in [2.75, 3.05) is 12.5 Å². The van der Waals surface area contributed by atoms with Gasteiger partial charge in [-0.15, -0.1) is 0 Å². The van der Waals surface area contributed by atoms with Gasteiger partial charge >= 0.3 is 0 Å². The summed E-state index contributed by atoms with van der Waals surface area (Å²) in [5.41, 5.74) is 3.55. The molecule has 1 aliphatic rings. The van der Waals surface area contributed by atoms with Crippen molar-refractivity contribution < 1.29 is 0 Å². The van der Waals surface area contributed by atoms with E-state index >= 15 is 0 Å². The SMILES string of the molecule is CCC1CCC(N(C)Cc2nc(C)cc(NN)n2)CC1. The van der Waals surface area contributed by atoms with Crippen LogP contribution in [0.5, 0.6) is 0 Å². The number of nitrogens with zero attached hydrogens (tertiary/aromatic N) is 3. The summed E-state index contributed by atoms with van der Waals surface area (Å²) in [7, 11) is 2.18. The van der Waals surface area contributed by atoms with E-state index in [0.29, 0.717) is 11.9 Å². The number of anilines is 1. The van der Waals surface area contributed by atoms with Gasteiger partial charge in [0.2, 0.25) is 0 Å². The van der Waals surface area contributed by atoms with Crippen LogP contribution in [0, 0.1) is 12.8 Å².